The van der Waals surface area contributed by atoms with Crippen LogP contribution in [0.4, 0.5) is 0 Å². The number of guanidine groups is 2. The van der Waals surface area contributed by atoms with Crippen molar-refractivity contribution >= 4 is 18.0 Å². The van der Waals surface area contributed by atoms with Gasteiger partial charge in [-0.15, -0.1) is 0 Å². The van der Waals surface area contributed by atoms with Crippen molar-refractivity contribution in [3.63, 3.8) is 0 Å². The molecule has 0 aliphatic rings. The predicted octanol–water partition coefficient (Wildman–Crippen LogP) is -1.07. The van der Waals surface area contributed by atoms with Gasteiger partial charge in [0.25, 0.3) is 0 Å². The standard InChI is InChI=1S/C8H8.C2H7N5/c1-2-8-6-4-3-5-7-8;3-1(4)7-2(5)6/h2-7H,1H2;(H7,3,4,5,6,7)/p+1. The highest BCUT2D eigenvalue weighted by Gasteiger charge is 1.81. The Balaban J connectivity index is 0.000000265. The second-order valence-corrected chi connectivity index (χ2v) is 2.58. The van der Waals surface area contributed by atoms with Crippen LogP contribution in [0, 0.1) is 0 Å². The first kappa shape index (κ1) is 12.6. The summed E-state index contributed by atoms with van der Waals surface area (Å²) in [6.07, 6.45) is 1.83. The Bertz CT molecular complexity index is 343. The van der Waals surface area contributed by atoms with Crippen molar-refractivity contribution in [3.8, 4) is 0 Å². The van der Waals surface area contributed by atoms with Gasteiger partial charge in [0.1, 0.15) is 0 Å². The first-order valence-electron chi connectivity index (χ1n) is 4.21. The summed E-state index contributed by atoms with van der Waals surface area (Å²) in [5.41, 5.74) is 20.5. The third-order valence-electron chi connectivity index (χ3n) is 1.29. The van der Waals surface area contributed by atoms with Gasteiger partial charge >= 0.3 is 11.9 Å². The molecule has 0 aromatic heterocycles. The van der Waals surface area contributed by atoms with Gasteiger partial charge in [-0.05, 0) is 5.56 Å². The van der Waals surface area contributed by atoms with Gasteiger partial charge in [0, 0.05) is 0 Å². The van der Waals surface area contributed by atoms with Gasteiger partial charge in [0.2, 0.25) is 0 Å². The SMILES string of the molecule is C=Cc1ccccc1.NC(N)=[N+]=C(N)N. The van der Waals surface area contributed by atoms with E-state index in [0.29, 0.717) is 0 Å². The Morgan fingerprint density at radius 1 is 1.00 bits per heavy atom. The van der Waals surface area contributed by atoms with Crippen LogP contribution in [0.25, 0.3) is 6.08 Å². The van der Waals surface area contributed by atoms with Crippen molar-refractivity contribution in [3.05, 3.63) is 42.5 Å². The Morgan fingerprint density at radius 3 is 1.67 bits per heavy atom. The van der Waals surface area contributed by atoms with Gasteiger partial charge in [0.15, 0.2) is 0 Å². The van der Waals surface area contributed by atoms with Crippen molar-refractivity contribution in [2.45, 2.75) is 0 Å². The molecule has 0 atom stereocenters. The van der Waals surface area contributed by atoms with E-state index in [1.54, 1.807) is 0 Å². The molecule has 0 aliphatic heterocycles. The molecule has 1 rings (SSSR count). The molecule has 0 bridgehead atoms. The van der Waals surface area contributed by atoms with Crippen molar-refractivity contribution < 1.29 is 0 Å². The average Bonchev–Trinajstić information content (AvgIpc) is 2.18. The maximum Gasteiger partial charge on any atom is 0.363 e. The lowest BCUT2D eigenvalue weighted by atomic mass is 10.2. The number of rotatable bonds is 1. The summed E-state index contributed by atoms with van der Waals surface area (Å²) in [7, 11) is 0. The van der Waals surface area contributed by atoms with E-state index in [0.717, 1.165) is 0 Å². The lowest BCUT2D eigenvalue weighted by Gasteiger charge is -1.85. The van der Waals surface area contributed by atoms with Gasteiger partial charge < -0.3 is 22.9 Å². The Hall–Kier alpha value is -2.39. The highest BCUT2D eigenvalue weighted by Crippen LogP contribution is 1.97. The van der Waals surface area contributed by atoms with Crippen LogP contribution in [0.2, 0.25) is 0 Å². The summed E-state index contributed by atoms with van der Waals surface area (Å²) >= 11 is 0. The van der Waals surface area contributed by atoms with Crippen LogP contribution < -0.4 is 27.6 Å². The van der Waals surface area contributed by atoms with Crippen molar-refractivity contribution in [1.29, 1.82) is 0 Å². The van der Waals surface area contributed by atoms with Crippen LogP contribution in [0.3, 0.4) is 0 Å². The zero-order valence-corrected chi connectivity index (χ0v) is 8.43. The van der Waals surface area contributed by atoms with Gasteiger partial charge in [0.05, 0.1) is 0 Å². The fraction of sp³-hybridized carbons (Fsp3) is 0. The van der Waals surface area contributed by atoms with Crippen LogP contribution in [0.15, 0.2) is 36.9 Å². The van der Waals surface area contributed by atoms with E-state index in [1.807, 2.05) is 36.4 Å². The minimum Gasteiger partial charge on any atom is -0.309 e. The highest BCUT2D eigenvalue weighted by molar-refractivity contribution is 5.84. The fourth-order valence-electron chi connectivity index (χ4n) is 0.738. The number of nitrogens with zero attached hydrogens (tertiary/aromatic N) is 1. The first-order chi connectivity index (χ1) is 7.06. The molecule has 15 heavy (non-hydrogen) atoms. The largest absolute Gasteiger partial charge is 0.363 e. The maximum absolute atomic E-state index is 4.84. The molecule has 0 unspecified atom stereocenters. The zero-order chi connectivity index (χ0) is 11.7. The van der Waals surface area contributed by atoms with E-state index >= 15 is 0 Å². The van der Waals surface area contributed by atoms with E-state index in [2.05, 4.69) is 11.2 Å². The highest BCUT2D eigenvalue weighted by atomic mass is 15.0. The topological polar surface area (TPSA) is 118 Å². The van der Waals surface area contributed by atoms with Crippen molar-refractivity contribution in [2.75, 3.05) is 0 Å². The van der Waals surface area contributed by atoms with Gasteiger partial charge in [-0.1, -0.05) is 43.0 Å². The Labute approximate surface area is 88.8 Å². The lowest BCUT2D eigenvalue weighted by Crippen LogP contribution is -2.33. The molecule has 5 heteroatoms. The number of hydrogen-bond acceptors (Lipinski definition) is 0. The summed E-state index contributed by atoms with van der Waals surface area (Å²) in [4.78, 5) is 0. The third kappa shape index (κ3) is 7.95. The molecule has 0 aliphatic carbocycles. The summed E-state index contributed by atoms with van der Waals surface area (Å²) in [6.45, 7) is 3.63. The summed E-state index contributed by atoms with van der Waals surface area (Å²) < 4.78 is 3.22. The zero-order valence-electron chi connectivity index (χ0n) is 8.43. The predicted molar refractivity (Wildman–Crippen MR) is 65.4 cm³/mol. The van der Waals surface area contributed by atoms with E-state index in [4.69, 9.17) is 22.9 Å². The smallest absolute Gasteiger partial charge is 0.309 e. The molecular formula is C10H16N5+. The van der Waals surface area contributed by atoms with E-state index < -0.39 is 0 Å². The molecule has 0 fully saturated rings. The van der Waals surface area contributed by atoms with Crippen LogP contribution in [0.1, 0.15) is 5.56 Å². The molecule has 0 saturated heterocycles. The normalized spacial score (nSPS) is 7.73. The van der Waals surface area contributed by atoms with E-state index in [9.17, 15) is 0 Å². The van der Waals surface area contributed by atoms with Crippen LogP contribution in [-0.2, 0) is 0 Å². The maximum atomic E-state index is 4.84. The van der Waals surface area contributed by atoms with Crippen LogP contribution in [0.5, 0.6) is 0 Å². The first-order valence-corrected chi connectivity index (χ1v) is 4.21. The van der Waals surface area contributed by atoms with Crippen LogP contribution >= 0.6 is 0 Å². The summed E-state index contributed by atoms with van der Waals surface area (Å²) in [5.74, 6) is -0.250. The monoisotopic (exact) mass is 206 g/mol. The third-order valence-corrected chi connectivity index (χ3v) is 1.29. The summed E-state index contributed by atoms with van der Waals surface area (Å²) in [6, 6.07) is 10.0. The minimum absolute atomic E-state index is 0.125. The molecule has 0 amide bonds. The van der Waals surface area contributed by atoms with Gasteiger partial charge in [-0.2, -0.15) is 0 Å². The molecule has 1 aromatic rings. The average molecular weight is 206 g/mol. The minimum atomic E-state index is -0.125. The quantitative estimate of drug-likeness (QED) is 0.266. The Morgan fingerprint density at radius 2 is 1.47 bits per heavy atom. The molecule has 0 saturated carbocycles. The fourth-order valence-corrected chi connectivity index (χ4v) is 0.738. The van der Waals surface area contributed by atoms with E-state index in [1.165, 1.54) is 5.56 Å². The molecular weight excluding hydrogens is 190 g/mol. The van der Waals surface area contributed by atoms with Gasteiger partial charge in [-0.3, -0.25) is 0 Å². The van der Waals surface area contributed by atoms with Crippen molar-refractivity contribution in [2.24, 2.45) is 22.9 Å². The molecule has 5 nitrogen and oxygen atoms in total. The number of hydrogen-bond donors (Lipinski definition) is 4. The molecule has 80 valence electrons. The molecule has 0 radical (unpaired) electrons. The number of benzene rings is 1. The Kier molecular flexibility index (Phi) is 5.93. The van der Waals surface area contributed by atoms with Crippen LogP contribution in [-0.4, -0.2) is 11.9 Å². The van der Waals surface area contributed by atoms with E-state index in [-0.39, 0.29) is 11.9 Å². The molecule has 8 N–H and O–H groups in total. The van der Waals surface area contributed by atoms with Crippen molar-refractivity contribution in [1.82, 2.24) is 4.67 Å². The second-order valence-electron chi connectivity index (χ2n) is 2.58. The molecule has 0 heterocycles. The second kappa shape index (κ2) is 7.06. The lowest BCUT2D eigenvalue weighted by molar-refractivity contribution is 1.39. The molecule has 1 aromatic carbocycles. The van der Waals surface area contributed by atoms with Gasteiger partial charge in [-0.25, -0.2) is 4.67 Å². The number of nitrogens with two attached hydrogens (primary N) is 4. The summed E-state index contributed by atoms with van der Waals surface area (Å²) in [5, 5.41) is 0. The molecule has 0 spiro atoms.